The highest BCUT2D eigenvalue weighted by atomic mass is 19.1. The van der Waals surface area contributed by atoms with Crippen LogP contribution < -0.4 is 5.32 Å². The van der Waals surface area contributed by atoms with Crippen LogP contribution >= 0.6 is 0 Å². The van der Waals surface area contributed by atoms with E-state index in [9.17, 15) is 4.39 Å². The first-order valence-corrected chi connectivity index (χ1v) is 6.66. The first-order chi connectivity index (χ1) is 9.83. The molecule has 20 heavy (non-hydrogen) atoms. The zero-order valence-corrected chi connectivity index (χ0v) is 11.0. The Bertz CT molecular complexity index is 564. The van der Waals surface area contributed by atoms with Crippen molar-refractivity contribution < 1.29 is 9.13 Å². The maximum Gasteiger partial charge on any atom is 0.165 e. The van der Waals surface area contributed by atoms with E-state index in [4.69, 9.17) is 4.74 Å². The molecule has 2 atom stereocenters. The van der Waals surface area contributed by atoms with Crippen molar-refractivity contribution in [3.8, 4) is 0 Å². The van der Waals surface area contributed by atoms with Crippen LogP contribution in [0.3, 0.4) is 0 Å². The molecule has 5 heteroatoms. The Balaban J connectivity index is 1.68. The van der Waals surface area contributed by atoms with Crippen LogP contribution in [0.4, 0.5) is 10.2 Å². The lowest BCUT2D eigenvalue weighted by atomic mass is 9.95. The molecule has 1 saturated heterocycles. The van der Waals surface area contributed by atoms with E-state index in [1.165, 1.54) is 11.6 Å². The van der Waals surface area contributed by atoms with Crippen LogP contribution in [0.1, 0.15) is 5.56 Å². The first-order valence-electron chi connectivity index (χ1n) is 6.66. The van der Waals surface area contributed by atoms with Crippen LogP contribution in [0.2, 0.25) is 0 Å². The van der Waals surface area contributed by atoms with Gasteiger partial charge in [0.25, 0.3) is 0 Å². The molecular formula is C15H16FN3O. The fourth-order valence-electron chi connectivity index (χ4n) is 2.45. The molecule has 104 valence electrons. The second kappa shape index (κ2) is 5.96. The van der Waals surface area contributed by atoms with Crippen LogP contribution in [0, 0.1) is 11.7 Å². The van der Waals surface area contributed by atoms with Crippen molar-refractivity contribution in [1.29, 1.82) is 0 Å². The van der Waals surface area contributed by atoms with Gasteiger partial charge in [0, 0.05) is 24.5 Å². The number of hydrogen-bond donors (Lipinski definition) is 1. The van der Waals surface area contributed by atoms with Gasteiger partial charge in [-0.2, -0.15) is 0 Å². The lowest BCUT2D eigenvalue weighted by Gasteiger charge is -2.19. The number of nitrogens with one attached hydrogen (secondary N) is 1. The Kier molecular flexibility index (Phi) is 3.87. The Morgan fingerprint density at radius 2 is 2.05 bits per heavy atom. The Labute approximate surface area is 117 Å². The van der Waals surface area contributed by atoms with Gasteiger partial charge in [0.2, 0.25) is 0 Å². The molecule has 0 bridgehead atoms. The zero-order chi connectivity index (χ0) is 13.8. The molecule has 1 N–H and O–H groups in total. The molecule has 4 nitrogen and oxygen atoms in total. The summed E-state index contributed by atoms with van der Waals surface area (Å²) in [6.07, 6.45) is 6.03. The number of hydrogen-bond acceptors (Lipinski definition) is 4. The molecule has 0 aromatic carbocycles. The van der Waals surface area contributed by atoms with Gasteiger partial charge in [0.15, 0.2) is 11.6 Å². The molecule has 3 heterocycles. The number of rotatable bonds is 4. The third kappa shape index (κ3) is 2.93. The lowest BCUT2D eigenvalue weighted by Crippen LogP contribution is -2.30. The smallest absolute Gasteiger partial charge is 0.165 e. The predicted octanol–water partition coefficient (Wildman–Crippen LogP) is 2.29. The van der Waals surface area contributed by atoms with Crippen molar-refractivity contribution in [2.45, 2.75) is 12.5 Å². The normalized spacial score (nSPS) is 21.9. The summed E-state index contributed by atoms with van der Waals surface area (Å²) in [4.78, 5) is 8.04. The molecule has 2 aromatic heterocycles. The molecule has 0 amide bonds. The largest absolute Gasteiger partial charge is 0.379 e. The van der Waals surface area contributed by atoms with Crippen LogP contribution in [0.25, 0.3) is 0 Å². The summed E-state index contributed by atoms with van der Waals surface area (Å²) in [6.45, 7) is 1.25. The average molecular weight is 273 g/mol. The van der Waals surface area contributed by atoms with Crippen LogP contribution in [-0.2, 0) is 11.2 Å². The molecule has 0 spiro atoms. The summed E-state index contributed by atoms with van der Waals surface area (Å²) in [7, 11) is 0. The van der Waals surface area contributed by atoms with E-state index in [1.54, 1.807) is 24.7 Å². The van der Waals surface area contributed by atoms with Crippen LogP contribution in [0.5, 0.6) is 0 Å². The van der Waals surface area contributed by atoms with Gasteiger partial charge >= 0.3 is 0 Å². The third-order valence-corrected chi connectivity index (χ3v) is 3.53. The van der Waals surface area contributed by atoms with E-state index in [2.05, 4.69) is 15.3 Å². The number of ether oxygens (including phenoxy) is 1. The topological polar surface area (TPSA) is 47.0 Å². The minimum atomic E-state index is -0.331. The van der Waals surface area contributed by atoms with E-state index < -0.39 is 0 Å². The van der Waals surface area contributed by atoms with Crippen molar-refractivity contribution in [3.63, 3.8) is 0 Å². The van der Waals surface area contributed by atoms with Gasteiger partial charge in [0.1, 0.15) is 0 Å². The first kappa shape index (κ1) is 13.0. The molecule has 0 radical (unpaired) electrons. The molecule has 0 unspecified atom stereocenters. The van der Waals surface area contributed by atoms with Gasteiger partial charge in [-0.05, 0) is 36.2 Å². The fraction of sp³-hybridized carbons (Fsp3) is 0.333. The summed E-state index contributed by atoms with van der Waals surface area (Å²) in [5.74, 6) is 0.267. The van der Waals surface area contributed by atoms with Gasteiger partial charge in [-0.3, -0.25) is 4.98 Å². The molecule has 1 aliphatic rings. The maximum atomic E-state index is 13.6. The Morgan fingerprint density at radius 3 is 2.85 bits per heavy atom. The number of pyridine rings is 2. The number of nitrogens with zero attached hydrogens (tertiary/aromatic N) is 2. The van der Waals surface area contributed by atoms with Crippen LogP contribution in [0.15, 0.2) is 42.9 Å². The Morgan fingerprint density at radius 1 is 1.20 bits per heavy atom. The minimum absolute atomic E-state index is 0.0764. The van der Waals surface area contributed by atoms with Crippen molar-refractivity contribution in [3.05, 3.63) is 54.2 Å². The standard InChI is InChI=1S/C15H16FN3O/c16-13-2-1-5-18-15(13)19-14-10-20-9-12(14)8-11-3-6-17-7-4-11/h1-7,12,14H,8-10H2,(H,18,19)/t12-,14-/m1/s1. The summed E-state index contributed by atoms with van der Waals surface area (Å²) < 4.78 is 19.1. The van der Waals surface area contributed by atoms with E-state index in [0.29, 0.717) is 24.9 Å². The predicted molar refractivity (Wildman–Crippen MR) is 73.9 cm³/mol. The summed E-state index contributed by atoms with van der Waals surface area (Å²) in [6, 6.07) is 7.06. The number of anilines is 1. The van der Waals surface area contributed by atoms with Gasteiger partial charge in [0.05, 0.1) is 19.3 Å². The SMILES string of the molecule is Fc1cccnc1N[C@@H]1COC[C@H]1Cc1ccncc1. The molecule has 0 aliphatic carbocycles. The Hall–Kier alpha value is -2.01. The second-order valence-electron chi connectivity index (χ2n) is 4.94. The van der Waals surface area contributed by atoms with E-state index >= 15 is 0 Å². The summed E-state index contributed by atoms with van der Waals surface area (Å²) in [5, 5.41) is 3.15. The maximum absolute atomic E-state index is 13.6. The average Bonchev–Trinajstić information content (AvgIpc) is 2.90. The molecule has 1 fully saturated rings. The molecule has 0 saturated carbocycles. The van der Waals surface area contributed by atoms with Gasteiger partial charge in [-0.1, -0.05) is 0 Å². The number of halogens is 1. The fourth-order valence-corrected chi connectivity index (χ4v) is 2.45. The van der Waals surface area contributed by atoms with Crippen molar-refractivity contribution in [2.75, 3.05) is 18.5 Å². The quantitative estimate of drug-likeness (QED) is 0.928. The number of aromatic nitrogens is 2. The zero-order valence-electron chi connectivity index (χ0n) is 11.0. The second-order valence-corrected chi connectivity index (χ2v) is 4.94. The highest BCUT2D eigenvalue weighted by Gasteiger charge is 2.29. The van der Waals surface area contributed by atoms with E-state index in [-0.39, 0.29) is 11.9 Å². The van der Waals surface area contributed by atoms with Gasteiger partial charge < -0.3 is 10.1 Å². The summed E-state index contributed by atoms with van der Waals surface area (Å²) >= 11 is 0. The minimum Gasteiger partial charge on any atom is -0.379 e. The highest BCUT2D eigenvalue weighted by molar-refractivity contribution is 5.37. The van der Waals surface area contributed by atoms with Gasteiger partial charge in [-0.15, -0.1) is 0 Å². The lowest BCUT2D eigenvalue weighted by molar-refractivity contribution is 0.185. The molecular weight excluding hydrogens is 257 g/mol. The molecule has 1 aliphatic heterocycles. The molecule has 2 aromatic rings. The van der Waals surface area contributed by atoms with E-state index in [1.807, 2.05) is 12.1 Å². The van der Waals surface area contributed by atoms with Crippen LogP contribution in [-0.4, -0.2) is 29.2 Å². The van der Waals surface area contributed by atoms with Crippen molar-refractivity contribution in [2.24, 2.45) is 5.92 Å². The van der Waals surface area contributed by atoms with E-state index in [0.717, 1.165) is 6.42 Å². The third-order valence-electron chi connectivity index (χ3n) is 3.53. The molecule has 3 rings (SSSR count). The van der Waals surface area contributed by atoms with Gasteiger partial charge in [-0.25, -0.2) is 9.37 Å². The highest BCUT2D eigenvalue weighted by Crippen LogP contribution is 2.22. The van der Waals surface area contributed by atoms with Crippen molar-refractivity contribution in [1.82, 2.24) is 9.97 Å². The summed E-state index contributed by atoms with van der Waals surface area (Å²) in [5.41, 5.74) is 1.21. The van der Waals surface area contributed by atoms with Crippen molar-refractivity contribution >= 4 is 5.82 Å². The monoisotopic (exact) mass is 273 g/mol.